The fourth-order valence-electron chi connectivity index (χ4n) is 4.40. The lowest BCUT2D eigenvalue weighted by molar-refractivity contribution is 0.0649. The number of imide groups is 1. The third kappa shape index (κ3) is 5.18. The van der Waals surface area contributed by atoms with Gasteiger partial charge in [0.25, 0.3) is 17.4 Å². The van der Waals surface area contributed by atoms with Gasteiger partial charge in [-0.2, -0.15) is 0 Å². The molecule has 5 rings (SSSR count). The predicted molar refractivity (Wildman–Crippen MR) is 145 cm³/mol. The van der Waals surface area contributed by atoms with Crippen LogP contribution in [0.2, 0.25) is 0 Å². The molecule has 0 saturated heterocycles. The molecule has 2 heterocycles. The van der Waals surface area contributed by atoms with Crippen LogP contribution in [-0.2, 0) is 7.05 Å². The first-order valence-electron chi connectivity index (χ1n) is 12.5. The van der Waals surface area contributed by atoms with E-state index in [4.69, 9.17) is 4.74 Å². The number of unbranched alkanes of at least 4 members (excludes halogenated alkanes) is 1. The molecule has 7 nitrogen and oxygen atoms in total. The maximum atomic E-state index is 13.1. The second-order valence-corrected chi connectivity index (χ2v) is 9.02. The molecular formula is C31H27N3O4. The third-order valence-electron chi connectivity index (χ3n) is 6.43. The number of benzene rings is 3. The average molecular weight is 506 g/mol. The zero-order chi connectivity index (χ0) is 26.5. The smallest absolute Gasteiger partial charge is 0.276 e. The van der Waals surface area contributed by atoms with Gasteiger partial charge >= 0.3 is 0 Å². The predicted octanol–water partition coefficient (Wildman–Crippen LogP) is 2.89. The minimum Gasteiger partial charge on any atom is -0.476 e. The number of nitrogens with zero attached hydrogens (tertiary/aromatic N) is 3. The summed E-state index contributed by atoms with van der Waals surface area (Å²) < 4.78 is 7.64. The largest absolute Gasteiger partial charge is 0.476 e. The molecule has 0 atom stereocenters. The first-order chi connectivity index (χ1) is 18.5. The molecule has 0 radical (unpaired) electrons. The lowest BCUT2D eigenvalue weighted by Gasteiger charge is -2.14. The van der Waals surface area contributed by atoms with E-state index in [1.54, 1.807) is 42.0 Å². The normalized spacial score (nSPS) is 13.8. The minimum atomic E-state index is -0.257. The second kappa shape index (κ2) is 11.1. The molecule has 0 bridgehead atoms. The standard InChI is InChI=1S/C31H27N3O4/c1-33-27(21-23-14-6-3-7-15-23)28(32-26(31(33)37)20-22-12-4-2-5-13-22)38-19-11-10-18-34-29(35)24-16-8-9-17-25(24)30(34)36/h2-9,12-17,20-21H,10-11,18-19H2,1H3. The zero-order valence-corrected chi connectivity index (χ0v) is 21.0. The van der Waals surface area contributed by atoms with Crippen molar-refractivity contribution in [2.75, 3.05) is 13.2 Å². The maximum Gasteiger partial charge on any atom is 0.276 e. The van der Waals surface area contributed by atoms with Crippen molar-refractivity contribution >= 4 is 24.0 Å². The molecule has 4 aromatic rings. The number of fused-ring (bicyclic) bond motifs is 1. The lowest BCUT2D eigenvalue weighted by atomic mass is 10.1. The van der Waals surface area contributed by atoms with Crippen molar-refractivity contribution in [3.8, 4) is 5.88 Å². The van der Waals surface area contributed by atoms with Crippen LogP contribution in [-0.4, -0.2) is 39.4 Å². The third-order valence-corrected chi connectivity index (χ3v) is 6.43. The van der Waals surface area contributed by atoms with Crippen molar-refractivity contribution in [2.24, 2.45) is 7.05 Å². The van der Waals surface area contributed by atoms with E-state index < -0.39 is 0 Å². The van der Waals surface area contributed by atoms with Crippen LogP contribution in [0.3, 0.4) is 0 Å². The van der Waals surface area contributed by atoms with Gasteiger partial charge < -0.3 is 9.30 Å². The van der Waals surface area contributed by atoms with Gasteiger partial charge in [-0.25, -0.2) is 4.98 Å². The Bertz CT molecular complexity index is 1630. The molecule has 190 valence electrons. The maximum absolute atomic E-state index is 13.1. The van der Waals surface area contributed by atoms with E-state index in [1.165, 1.54) is 4.90 Å². The van der Waals surface area contributed by atoms with E-state index in [1.807, 2.05) is 66.7 Å². The fourth-order valence-corrected chi connectivity index (χ4v) is 4.40. The number of carbonyl (C=O) groups is 2. The van der Waals surface area contributed by atoms with Crippen LogP contribution in [0.15, 0.2) is 89.7 Å². The number of hydrogen-bond donors (Lipinski definition) is 0. The number of aromatic nitrogens is 2. The van der Waals surface area contributed by atoms with Crippen molar-refractivity contribution in [1.82, 2.24) is 14.5 Å². The molecule has 0 spiro atoms. The summed E-state index contributed by atoms with van der Waals surface area (Å²) in [5.41, 5.74) is 2.45. The van der Waals surface area contributed by atoms with E-state index in [0.717, 1.165) is 11.1 Å². The van der Waals surface area contributed by atoms with Gasteiger partial charge in [0.1, 0.15) is 10.7 Å². The molecule has 1 aliphatic heterocycles. The molecular weight excluding hydrogens is 478 g/mol. The zero-order valence-electron chi connectivity index (χ0n) is 21.0. The summed E-state index contributed by atoms with van der Waals surface area (Å²) in [6, 6.07) is 26.1. The molecule has 0 unspecified atom stereocenters. The van der Waals surface area contributed by atoms with E-state index >= 15 is 0 Å². The van der Waals surface area contributed by atoms with E-state index in [2.05, 4.69) is 4.98 Å². The van der Waals surface area contributed by atoms with Crippen LogP contribution < -0.4 is 21.0 Å². The summed E-state index contributed by atoms with van der Waals surface area (Å²) in [5.74, 6) is -0.168. The summed E-state index contributed by atoms with van der Waals surface area (Å²) in [6.07, 6.45) is 4.79. The van der Waals surface area contributed by atoms with Gasteiger partial charge in [-0.05, 0) is 48.3 Å². The Kier molecular flexibility index (Phi) is 7.26. The highest BCUT2D eigenvalue weighted by Crippen LogP contribution is 2.22. The van der Waals surface area contributed by atoms with Crippen LogP contribution in [0.25, 0.3) is 12.2 Å². The number of hydrogen-bond acceptors (Lipinski definition) is 5. The molecule has 1 aliphatic rings. The van der Waals surface area contributed by atoms with Gasteiger partial charge in [0.05, 0.1) is 17.7 Å². The van der Waals surface area contributed by atoms with Crippen LogP contribution >= 0.6 is 0 Å². The van der Waals surface area contributed by atoms with Gasteiger partial charge in [-0.3, -0.25) is 19.3 Å². The minimum absolute atomic E-state index is 0.228. The summed E-state index contributed by atoms with van der Waals surface area (Å²) >= 11 is 0. The van der Waals surface area contributed by atoms with Gasteiger partial charge in [0, 0.05) is 13.6 Å². The van der Waals surface area contributed by atoms with Gasteiger partial charge in [0.2, 0.25) is 5.88 Å². The summed E-state index contributed by atoms with van der Waals surface area (Å²) in [5, 5.41) is 0.844. The molecule has 0 fully saturated rings. The van der Waals surface area contributed by atoms with E-state index in [0.29, 0.717) is 48.3 Å². The fraction of sp³-hybridized carbons (Fsp3) is 0.161. The Morgan fingerprint density at radius 2 is 1.29 bits per heavy atom. The molecule has 0 saturated carbocycles. The highest BCUT2D eigenvalue weighted by atomic mass is 16.5. The number of ether oxygens (including phenoxy) is 1. The monoisotopic (exact) mass is 505 g/mol. The first kappa shape index (κ1) is 24.9. The summed E-state index contributed by atoms with van der Waals surface area (Å²) in [6.45, 7) is 0.626. The molecule has 3 aromatic carbocycles. The highest BCUT2D eigenvalue weighted by molar-refractivity contribution is 6.21. The van der Waals surface area contributed by atoms with Crippen molar-refractivity contribution in [1.29, 1.82) is 0 Å². The van der Waals surface area contributed by atoms with E-state index in [-0.39, 0.29) is 22.7 Å². The van der Waals surface area contributed by atoms with Crippen molar-refractivity contribution in [3.05, 3.63) is 128 Å². The van der Waals surface area contributed by atoms with E-state index in [9.17, 15) is 14.4 Å². The summed E-state index contributed by atoms with van der Waals surface area (Å²) in [4.78, 5) is 44.2. The Hall–Kier alpha value is -4.78. The van der Waals surface area contributed by atoms with Crippen LogP contribution in [0, 0.1) is 0 Å². The summed E-state index contributed by atoms with van der Waals surface area (Å²) in [7, 11) is 1.70. The number of amides is 2. The second-order valence-electron chi connectivity index (χ2n) is 9.02. The van der Waals surface area contributed by atoms with Crippen molar-refractivity contribution in [3.63, 3.8) is 0 Å². The molecule has 0 aliphatic carbocycles. The van der Waals surface area contributed by atoms with Gasteiger partial charge in [-0.1, -0.05) is 72.8 Å². The molecule has 0 N–H and O–H groups in total. The van der Waals surface area contributed by atoms with Crippen LogP contribution in [0.1, 0.15) is 44.7 Å². The Balaban J connectivity index is 1.36. The first-order valence-corrected chi connectivity index (χ1v) is 12.5. The van der Waals surface area contributed by atoms with Crippen LogP contribution in [0.5, 0.6) is 5.88 Å². The van der Waals surface area contributed by atoms with Gasteiger partial charge in [0.15, 0.2) is 0 Å². The highest BCUT2D eigenvalue weighted by Gasteiger charge is 2.34. The molecule has 7 heteroatoms. The Morgan fingerprint density at radius 1 is 0.737 bits per heavy atom. The Morgan fingerprint density at radius 3 is 1.89 bits per heavy atom. The van der Waals surface area contributed by atoms with Crippen LogP contribution in [0.4, 0.5) is 0 Å². The van der Waals surface area contributed by atoms with Crippen molar-refractivity contribution in [2.45, 2.75) is 12.8 Å². The average Bonchev–Trinajstić information content (AvgIpc) is 3.19. The number of rotatable bonds is 8. The van der Waals surface area contributed by atoms with Crippen molar-refractivity contribution < 1.29 is 14.3 Å². The molecule has 1 aromatic heterocycles. The molecule has 2 amide bonds. The number of carbonyl (C=O) groups excluding carboxylic acids is 2. The lowest BCUT2D eigenvalue weighted by Crippen LogP contribution is -2.44. The quantitative estimate of drug-likeness (QED) is 0.272. The van der Waals surface area contributed by atoms with Gasteiger partial charge in [-0.15, -0.1) is 0 Å². The SMILES string of the molecule is Cn1c(=Cc2ccccc2)c(OCCCCN2C(=O)c3ccccc3C2=O)nc(=Cc2ccccc2)c1=O. The Labute approximate surface area is 220 Å². The topological polar surface area (TPSA) is 81.5 Å². The molecule has 38 heavy (non-hydrogen) atoms.